The zero-order valence-corrected chi connectivity index (χ0v) is 10.7. The van der Waals surface area contributed by atoms with Gasteiger partial charge in [0.25, 0.3) is 0 Å². The SMILES string of the molecule is O=C(ONc1cccc2ccccc12)c1ccccc1. The van der Waals surface area contributed by atoms with E-state index in [2.05, 4.69) is 5.48 Å². The van der Waals surface area contributed by atoms with Gasteiger partial charge < -0.3 is 4.84 Å². The van der Waals surface area contributed by atoms with Gasteiger partial charge in [-0.1, -0.05) is 54.6 Å². The highest BCUT2D eigenvalue weighted by Gasteiger charge is 2.07. The van der Waals surface area contributed by atoms with Crippen molar-refractivity contribution in [3.63, 3.8) is 0 Å². The molecule has 3 heteroatoms. The van der Waals surface area contributed by atoms with E-state index in [1.807, 2.05) is 48.5 Å². The van der Waals surface area contributed by atoms with Crippen LogP contribution in [-0.2, 0) is 4.84 Å². The van der Waals surface area contributed by atoms with Gasteiger partial charge >= 0.3 is 5.97 Å². The van der Waals surface area contributed by atoms with E-state index in [4.69, 9.17) is 4.84 Å². The highest BCUT2D eigenvalue weighted by molar-refractivity contribution is 5.95. The van der Waals surface area contributed by atoms with Gasteiger partial charge in [-0.3, -0.25) is 0 Å². The van der Waals surface area contributed by atoms with Crippen molar-refractivity contribution in [2.45, 2.75) is 0 Å². The normalized spacial score (nSPS) is 10.2. The third-order valence-corrected chi connectivity index (χ3v) is 3.05. The van der Waals surface area contributed by atoms with E-state index < -0.39 is 5.97 Å². The lowest BCUT2D eigenvalue weighted by Gasteiger charge is -2.09. The smallest absolute Gasteiger partial charge is 0.338 e. The van der Waals surface area contributed by atoms with E-state index >= 15 is 0 Å². The third kappa shape index (κ3) is 2.47. The highest BCUT2D eigenvalue weighted by atomic mass is 16.7. The molecule has 0 aliphatic heterocycles. The van der Waals surface area contributed by atoms with Gasteiger partial charge in [0.1, 0.15) is 0 Å². The minimum atomic E-state index is -0.404. The molecule has 0 saturated heterocycles. The van der Waals surface area contributed by atoms with E-state index in [0.717, 1.165) is 16.5 Å². The van der Waals surface area contributed by atoms with E-state index in [9.17, 15) is 4.79 Å². The first-order valence-corrected chi connectivity index (χ1v) is 6.34. The maximum atomic E-state index is 11.9. The molecule has 0 spiro atoms. The van der Waals surface area contributed by atoms with Gasteiger partial charge in [-0.05, 0) is 23.6 Å². The van der Waals surface area contributed by atoms with Crippen LogP contribution in [-0.4, -0.2) is 5.97 Å². The Morgan fingerprint density at radius 2 is 1.50 bits per heavy atom. The fraction of sp³-hybridized carbons (Fsp3) is 0. The average molecular weight is 263 g/mol. The summed E-state index contributed by atoms with van der Waals surface area (Å²) in [7, 11) is 0. The Labute approximate surface area is 116 Å². The van der Waals surface area contributed by atoms with Crippen molar-refractivity contribution in [2.24, 2.45) is 0 Å². The summed E-state index contributed by atoms with van der Waals surface area (Å²) in [6, 6.07) is 22.6. The first kappa shape index (κ1) is 12.2. The number of rotatable bonds is 3. The summed E-state index contributed by atoms with van der Waals surface area (Å²) in [5.74, 6) is -0.404. The molecule has 0 aromatic heterocycles. The van der Waals surface area contributed by atoms with Gasteiger partial charge in [0, 0.05) is 5.39 Å². The first-order chi connectivity index (χ1) is 9.84. The molecule has 0 heterocycles. The molecule has 0 radical (unpaired) electrons. The fourth-order valence-electron chi connectivity index (χ4n) is 2.05. The van der Waals surface area contributed by atoms with Crippen LogP contribution in [0.25, 0.3) is 10.8 Å². The Hall–Kier alpha value is -2.81. The molecule has 3 nitrogen and oxygen atoms in total. The van der Waals surface area contributed by atoms with Crippen molar-refractivity contribution >= 4 is 22.4 Å². The quantitative estimate of drug-likeness (QED) is 0.725. The molecule has 0 amide bonds. The molecule has 0 aliphatic rings. The number of carbonyl (C=O) groups is 1. The molecular formula is C17H13NO2. The van der Waals surface area contributed by atoms with E-state index in [1.54, 1.807) is 24.3 Å². The second kappa shape index (κ2) is 5.45. The van der Waals surface area contributed by atoms with Crippen LogP contribution in [0.3, 0.4) is 0 Å². The Kier molecular flexibility index (Phi) is 3.33. The molecule has 0 aliphatic carbocycles. The van der Waals surface area contributed by atoms with E-state index in [1.165, 1.54) is 0 Å². The third-order valence-electron chi connectivity index (χ3n) is 3.05. The van der Waals surface area contributed by atoms with Gasteiger partial charge in [-0.2, -0.15) is 0 Å². The van der Waals surface area contributed by atoms with Crippen molar-refractivity contribution in [1.82, 2.24) is 0 Å². The molecule has 0 atom stereocenters. The van der Waals surface area contributed by atoms with Crippen LogP contribution >= 0.6 is 0 Å². The standard InChI is InChI=1S/C17H13NO2/c19-17(14-8-2-1-3-9-14)20-18-16-12-6-10-13-7-4-5-11-15(13)16/h1-12,18H. The summed E-state index contributed by atoms with van der Waals surface area (Å²) in [5, 5.41) is 2.10. The molecule has 98 valence electrons. The Balaban J connectivity index is 1.79. The van der Waals surface area contributed by atoms with Crippen LogP contribution < -0.4 is 5.48 Å². The summed E-state index contributed by atoms with van der Waals surface area (Å²) < 4.78 is 0. The van der Waals surface area contributed by atoms with Crippen LogP contribution in [0, 0.1) is 0 Å². The predicted octanol–water partition coefficient (Wildman–Crippen LogP) is 4.02. The van der Waals surface area contributed by atoms with Gasteiger partial charge in [0.05, 0.1) is 11.3 Å². The van der Waals surface area contributed by atoms with Crippen molar-refractivity contribution in [2.75, 3.05) is 5.48 Å². The summed E-state index contributed by atoms with van der Waals surface area (Å²) in [5.41, 5.74) is 4.02. The molecule has 0 unspecified atom stereocenters. The van der Waals surface area contributed by atoms with Gasteiger partial charge in [-0.15, -0.1) is 0 Å². The van der Waals surface area contributed by atoms with Crippen molar-refractivity contribution in [3.8, 4) is 0 Å². The average Bonchev–Trinajstić information content (AvgIpc) is 2.53. The molecule has 0 bridgehead atoms. The lowest BCUT2D eigenvalue weighted by Crippen LogP contribution is -2.10. The number of fused-ring (bicyclic) bond motifs is 1. The van der Waals surface area contributed by atoms with Crippen molar-refractivity contribution in [3.05, 3.63) is 78.4 Å². The van der Waals surface area contributed by atoms with Gasteiger partial charge in [0.15, 0.2) is 0 Å². The summed E-state index contributed by atoms with van der Waals surface area (Å²) in [6.07, 6.45) is 0. The van der Waals surface area contributed by atoms with Crippen LogP contribution in [0.1, 0.15) is 10.4 Å². The maximum Gasteiger partial charge on any atom is 0.362 e. The summed E-state index contributed by atoms with van der Waals surface area (Å²) >= 11 is 0. The zero-order valence-electron chi connectivity index (χ0n) is 10.7. The molecule has 0 fully saturated rings. The monoisotopic (exact) mass is 263 g/mol. The van der Waals surface area contributed by atoms with Crippen LogP contribution in [0.2, 0.25) is 0 Å². The molecule has 20 heavy (non-hydrogen) atoms. The maximum absolute atomic E-state index is 11.9. The molecule has 0 saturated carbocycles. The number of hydrogen-bond acceptors (Lipinski definition) is 3. The van der Waals surface area contributed by atoms with Crippen LogP contribution in [0.15, 0.2) is 72.8 Å². The Morgan fingerprint density at radius 1 is 0.800 bits per heavy atom. The summed E-state index contributed by atoms with van der Waals surface area (Å²) in [6.45, 7) is 0. The molecule has 1 N–H and O–H groups in total. The largest absolute Gasteiger partial charge is 0.362 e. The van der Waals surface area contributed by atoms with Crippen LogP contribution in [0.4, 0.5) is 5.69 Å². The van der Waals surface area contributed by atoms with E-state index in [-0.39, 0.29) is 0 Å². The van der Waals surface area contributed by atoms with Crippen molar-refractivity contribution < 1.29 is 9.63 Å². The topological polar surface area (TPSA) is 38.3 Å². The number of nitrogens with one attached hydrogen (secondary N) is 1. The fourth-order valence-corrected chi connectivity index (χ4v) is 2.05. The second-order valence-electron chi connectivity index (χ2n) is 4.38. The predicted molar refractivity (Wildman–Crippen MR) is 79.4 cm³/mol. The molecule has 3 aromatic carbocycles. The molecule has 3 rings (SSSR count). The Bertz CT molecular complexity index is 733. The lowest BCUT2D eigenvalue weighted by molar-refractivity contribution is 0.0597. The number of anilines is 1. The van der Waals surface area contributed by atoms with Crippen molar-refractivity contribution in [1.29, 1.82) is 0 Å². The second-order valence-corrected chi connectivity index (χ2v) is 4.38. The minimum absolute atomic E-state index is 0.404. The highest BCUT2D eigenvalue weighted by Crippen LogP contribution is 2.23. The number of benzene rings is 3. The molecular weight excluding hydrogens is 250 g/mol. The van der Waals surface area contributed by atoms with E-state index in [0.29, 0.717) is 5.56 Å². The zero-order chi connectivity index (χ0) is 13.8. The number of carbonyl (C=O) groups excluding carboxylic acids is 1. The lowest BCUT2D eigenvalue weighted by atomic mass is 10.1. The molecule has 3 aromatic rings. The van der Waals surface area contributed by atoms with Crippen LogP contribution in [0.5, 0.6) is 0 Å². The Morgan fingerprint density at radius 3 is 2.35 bits per heavy atom. The van der Waals surface area contributed by atoms with Gasteiger partial charge in [-0.25, -0.2) is 10.3 Å². The number of hydrogen-bond donors (Lipinski definition) is 1. The van der Waals surface area contributed by atoms with Gasteiger partial charge in [0.2, 0.25) is 0 Å². The minimum Gasteiger partial charge on any atom is -0.338 e. The first-order valence-electron chi connectivity index (χ1n) is 6.34. The summed E-state index contributed by atoms with van der Waals surface area (Å²) in [4.78, 5) is 17.0.